The third-order valence-corrected chi connectivity index (χ3v) is 4.48. The van der Waals surface area contributed by atoms with Crippen molar-refractivity contribution in [3.8, 4) is 0 Å². The Morgan fingerprint density at radius 2 is 1.88 bits per heavy atom. The van der Waals surface area contributed by atoms with Crippen LogP contribution in [0, 0.1) is 0 Å². The Bertz CT molecular complexity index is 510. The molecule has 2 nitrogen and oxygen atoms in total. The van der Waals surface area contributed by atoms with E-state index >= 15 is 0 Å². The topological polar surface area (TPSA) is 28.7 Å². The molecule has 1 aliphatic rings. The first-order valence-electron chi connectivity index (χ1n) is 6.49. The van der Waals surface area contributed by atoms with Gasteiger partial charge in [0.15, 0.2) is 0 Å². The number of H-pyrrole nitrogens is 1. The number of fused-ring (bicyclic) bond motifs is 1. The van der Waals surface area contributed by atoms with Crippen molar-refractivity contribution in [2.75, 3.05) is 0 Å². The molecule has 1 aromatic carbocycles. The van der Waals surface area contributed by atoms with Crippen molar-refractivity contribution in [1.29, 1.82) is 0 Å². The Morgan fingerprint density at radius 3 is 2.65 bits per heavy atom. The van der Waals surface area contributed by atoms with Gasteiger partial charge in [-0.1, -0.05) is 47.7 Å². The number of halogens is 1. The van der Waals surface area contributed by atoms with Crippen LogP contribution in [0.4, 0.5) is 0 Å². The molecule has 1 aromatic heterocycles. The van der Waals surface area contributed by atoms with Crippen molar-refractivity contribution in [3.05, 3.63) is 28.4 Å². The van der Waals surface area contributed by atoms with Gasteiger partial charge in [-0.05, 0) is 25.0 Å². The summed E-state index contributed by atoms with van der Waals surface area (Å²) in [7, 11) is 0. The molecular weight excluding hydrogens is 276 g/mol. The third kappa shape index (κ3) is 2.13. The number of nitrogens with zero attached hydrogens (tertiary/aromatic N) is 1. The molecule has 1 N–H and O–H groups in total. The van der Waals surface area contributed by atoms with Crippen LogP contribution in [-0.4, -0.2) is 10.2 Å². The number of nitrogens with one attached hydrogen (secondary N) is 1. The van der Waals surface area contributed by atoms with Crippen molar-refractivity contribution in [3.63, 3.8) is 0 Å². The lowest BCUT2D eigenvalue weighted by atomic mass is 9.94. The van der Waals surface area contributed by atoms with Crippen LogP contribution in [0.15, 0.2) is 22.7 Å². The fraction of sp³-hybridized carbons (Fsp3) is 0.500. The van der Waals surface area contributed by atoms with Crippen molar-refractivity contribution >= 4 is 26.8 Å². The van der Waals surface area contributed by atoms with E-state index < -0.39 is 0 Å². The van der Waals surface area contributed by atoms with E-state index in [0.717, 1.165) is 5.52 Å². The zero-order valence-electron chi connectivity index (χ0n) is 9.88. The van der Waals surface area contributed by atoms with Crippen LogP contribution in [0.5, 0.6) is 0 Å². The molecule has 17 heavy (non-hydrogen) atoms. The second-order valence-corrected chi connectivity index (χ2v) is 5.81. The minimum Gasteiger partial charge on any atom is -0.281 e. The Balaban J connectivity index is 2.04. The highest BCUT2D eigenvalue weighted by molar-refractivity contribution is 9.10. The fourth-order valence-corrected chi connectivity index (χ4v) is 3.48. The molecule has 90 valence electrons. The predicted octanol–water partition coefficient (Wildman–Crippen LogP) is 4.76. The van der Waals surface area contributed by atoms with Gasteiger partial charge in [-0.25, -0.2) is 0 Å². The first-order valence-corrected chi connectivity index (χ1v) is 7.28. The molecule has 0 radical (unpaired) electrons. The van der Waals surface area contributed by atoms with E-state index in [9.17, 15) is 0 Å². The predicted molar refractivity (Wildman–Crippen MR) is 74.2 cm³/mol. The zero-order valence-corrected chi connectivity index (χ0v) is 11.5. The number of aromatic amines is 1. The standard InChI is InChI=1S/C14H17BrN2/c15-11-8-5-9-12-13(11)14(17-16-12)10-6-3-1-2-4-7-10/h5,8-10H,1-4,6-7H2,(H,16,17). The minimum absolute atomic E-state index is 0.668. The maximum Gasteiger partial charge on any atom is 0.0935 e. The van der Waals surface area contributed by atoms with Gasteiger partial charge >= 0.3 is 0 Å². The van der Waals surface area contributed by atoms with E-state index in [4.69, 9.17) is 0 Å². The van der Waals surface area contributed by atoms with Gasteiger partial charge in [0.2, 0.25) is 0 Å². The normalized spacial score (nSPS) is 18.4. The Labute approximate surface area is 110 Å². The first-order chi connectivity index (χ1) is 8.36. The van der Waals surface area contributed by atoms with Crippen LogP contribution in [-0.2, 0) is 0 Å². The summed E-state index contributed by atoms with van der Waals surface area (Å²) in [6, 6.07) is 6.24. The molecule has 1 fully saturated rings. The van der Waals surface area contributed by atoms with E-state index in [1.54, 1.807) is 0 Å². The van der Waals surface area contributed by atoms with Gasteiger partial charge < -0.3 is 0 Å². The quantitative estimate of drug-likeness (QED) is 0.754. The van der Waals surface area contributed by atoms with Crippen LogP contribution >= 0.6 is 15.9 Å². The van der Waals surface area contributed by atoms with E-state index in [0.29, 0.717) is 5.92 Å². The summed E-state index contributed by atoms with van der Waals surface area (Å²) in [5, 5.41) is 8.99. The van der Waals surface area contributed by atoms with E-state index in [1.807, 2.05) is 6.07 Å². The summed E-state index contributed by atoms with van der Waals surface area (Å²) in [5.41, 5.74) is 2.42. The SMILES string of the molecule is Brc1cccc2n[nH]c(C3CCCCCC3)c12. The molecule has 2 aromatic rings. The fourth-order valence-electron chi connectivity index (χ4n) is 2.91. The van der Waals surface area contributed by atoms with Crippen LogP contribution in [0.3, 0.4) is 0 Å². The molecular formula is C14H17BrN2. The van der Waals surface area contributed by atoms with Gasteiger partial charge in [0.1, 0.15) is 0 Å². The molecule has 0 aliphatic heterocycles. The van der Waals surface area contributed by atoms with E-state index in [-0.39, 0.29) is 0 Å². The summed E-state index contributed by atoms with van der Waals surface area (Å²) in [5.74, 6) is 0.668. The van der Waals surface area contributed by atoms with Crippen LogP contribution < -0.4 is 0 Å². The number of hydrogen-bond acceptors (Lipinski definition) is 1. The van der Waals surface area contributed by atoms with Crippen LogP contribution in [0.1, 0.15) is 50.1 Å². The largest absolute Gasteiger partial charge is 0.281 e. The molecule has 1 heterocycles. The van der Waals surface area contributed by atoms with Crippen LogP contribution in [0.25, 0.3) is 10.9 Å². The highest BCUT2D eigenvalue weighted by atomic mass is 79.9. The third-order valence-electron chi connectivity index (χ3n) is 3.82. The lowest BCUT2D eigenvalue weighted by Gasteiger charge is -2.12. The van der Waals surface area contributed by atoms with Gasteiger partial charge in [-0.15, -0.1) is 0 Å². The highest BCUT2D eigenvalue weighted by Gasteiger charge is 2.19. The second-order valence-electron chi connectivity index (χ2n) is 4.96. The van der Waals surface area contributed by atoms with Gasteiger partial charge in [0.25, 0.3) is 0 Å². The molecule has 3 rings (SSSR count). The lowest BCUT2D eigenvalue weighted by molar-refractivity contribution is 0.579. The molecule has 3 heteroatoms. The maximum atomic E-state index is 4.43. The molecule has 0 saturated heterocycles. The summed E-state index contributed by atoms with van der Waals surface area (Å²) in [6.07, 6.45) is 8.11. The minimum atomic E-state index is 0.668. The Hall–Kier alpha value is -0.830. The summed E-state index contributed by atoms with van der Waals surface area (Å²) in [4.78, 5) is 0. The molecule has 0 bridgehead atoms. The van der Waals surface area contributed by atoms with Gasteiger partial charge in [0, 0.05) is 21.5 Å². The van der Waals surface area contributed by atoms with Crippen molar-refractivity contribution in [1.82, 2.24) is 10.2 Å². The average Bonchev–Trinajstić information content (AvgIpc) is 2.59. The molecule has 0 amide bonds. The smallest absolute Gasteiger partial charge is 0.0935 e. The lowest BCUT2D eigenvalue weighted by Crippen LogP contribution is -1.98. The number of hydrogen-bond donors (Lipinski definition) is 1. The van der Waals surface area contributed by atoms with Crippen molar-refractivity contribution in [2.24, 2.45) is 0 Å². The summed E-state index contributed by atoms with van der Waals surface area (Å²) in [6.45, 7) is 0. The monoisotopic (exact) mass is 292 g/mol. The maximum absolute atomic E-state index is 4.43. The van der Waals surface area contributed by atoms with Gasteiger partial charge in [-0.3, -0.25) is 5.10 Å². The molecule has 0 unspecified atom stereocenters. The molecule has 1 aliphatic carbocycles. The summed E-state index contributed by atoms with van der Waals surface area (Å²) >= 11 is 3.65. The van der Waals surface area contributed by atoms with Gasteiger partial charge in [0.05, 0.1) is 5.52 Å². The van der Waals surface area contributed by atoms with E-state index in [1.165, 1.54) is 54.1 Å². The Morgan fingerprint density at radius 1 is 1.12 bits per heavy atom. The molecule has 0 spiro atoms. The van der Waals surface area contributed by atoms with E-state index in [2.05, 4.69) is 38.3 Å². The first kappa shape index (κ1) is 11.3. The summed E-state index contributed by atoms with van der Waals surface area (Å²) < 4.78 is 1.17. The van der Waals surface area contributed by atoms with Crippen molar-refractivity contribution in [2.45, 2.75) is 44.4 Å². The zero-order chi connectivity index (χ0) is 11.7. The van der Waals surface area contributed by atoms with Crippen LogP contribution in [0.2, 0.25) is 0 Å². The highest BCUT2D eigenvalue weighted by Crippen LogP contribution is 2.36. The Kier molecular flexibility index (Phi) is 3.19. The van der Waals surface area contributed by atoms with Gasteiger partial charge in [-0.2, -0.15) is 5.10 Å². The average molecular weight is 293 g/mol. The number of aromatic nitrogens is 2. The number of benzene rings is 1. The molecule has 0 atom stereocenters. The number of rotatable bonds is 1. The van der Waals surface area contributed by atoms with Crippen molar-refractivity contribution < 1.29 is 0 Å². The second kappa shape index (κ2) is 4.81. The molecule has 1 saturated carbocycles.